The number of esters is 2. The molecule has 1 aliphatic heterocycles. The minimum Gasteiger partial charge on any atom is -0.453 e. The van der Waals surface area contributed by atoms with Crippen LogP contribution < -0.4 is 0 Å². The normalized spacial score (nSPS) is 24.2. The Bertz CT molecular complexity index is 915. The Balaban J connectivity index is 1.87. The summed E-state index contributed by atoms with van der Waals surface area (Å²) < 4.78 is 29.4. The highest BCUT2D eigenvalue weighted by molar-refractivity contribution is 5.67. The van der Waals surface area contributed by atoms with Crippen LogP contribution in [0.2, 0.25) is 0 Å². The maximum Gasteiger partial charge on any atom is 0.305 e. The van der Waals surface area contributed by atoms with E-state index >= 15 is 0 Å². The van der Waals surface area contributed by atoms with Crippen LogP contribution in [0, 0.1) is 0 Å². The lowest BCUT2D eigenvalue weighted by molar-refractivity contribution is -0.199. The van der Waals surface area contributed by atoms with Crippen molar-refractivity contribution in [2.75, 3.05) is 6.61 Å². The van der Waals surface area contributed by atoms with Crippen molar-refractivity contribution in [1.82, 2.24) is 0 Å². The molecule has 7 heteroatoms. The molecule has 176 valence electrons. The van der Waals surface area contributed by atoms with Crippen LogP contribution in [0.3, 0.4) is 0 Å². The molecule has 3 rings (SSSR count). The van der Waals surface area contributed by atoms with E-state index in [0.29, 0.717) is 6.61 Å². The molecule has 1 saturated heterocycles. The van der Waals surface area contributed by atoms with E-state index in [4.69, 9.17) is 23.7 Å². The van der Waals surface area contributed by atoms with Gasteiger partial charge in [-0.1, -0.05) is 66.7 Å². The molecule has 2 aromatic carbocycles. The first kappa shape index (κ1) is 24.6. The van der Waals surface area contributed by atoms with Gasteiger partial charge in [0.1, 0.15) is 11.7 Å². The van der Waals surface area contributed by atoms with Crippen molar-refractivity contribution in [2.45, 2.75) is 57.6 Å². The Morgan fingerprint density at radius 3 is 2.06 bits per heavy atom. The number of rotatable bonds is 11. The summed E-state index contributed by atoms with van der Waals surface area (Å²) in [7, 11) is 0. The van der Waals surface area contributed by atoms with E-state index in [1.165, 1.54) is 13.8 Å². The summed E-state index contributed by atoms with van der Waals surface area (Å²) >= 11 is 0. The Morgan fingerprint density at radius 2 is 1.52 bits per heavy atom. The first-order valence-electron chi connectivity index (χ1n) is 10.8. The van der Waals surface area contributed by atoms with Crippen LogP contribution in [-0.2, 0) is 46.5 Å². The number of hydrogen-bond donors (Lipinski definition) is 0. The number of hydrogen-bond acceptors (Lipinski definition) is 7. The van der Waals surface area contributed by atoms with Crippen LogP contribution >= 0.6 is 0 Å². The second-order valence-corrected chi connectivity index (χ2v) is 7.86. The lowest BCUT2D eigenvalue weighted by atomic mass is 9.88. The fourth-order valence-corrected chi connectivity index (χ4v) is 3.89. The highest BCUT2D eigenvalue weighted by Crippen LogP contribution is 2.41. The fourth-order valence-electron chi connectivity index (χ4n) is 3.89. The molecule has 0 amide bonds. The van der Waals surface area contributed by atoms with Gasteiger partial charge in [-0.05, 0) is 11.1 Å². The molecule has 0 N–H and O–H groups in total. The van der Waals surface area contributed by atoms with Gasteiger partial charge in [0.2, 0.25) is 6.29 Å². The van der Waals surface area contributed by atoms with E-state index in [9.17, 15) is 9.59 Å². The van der Waals surface area contributed by atoms with Crippen LogP contribution in [0.4, 0.5) is 0 Å². The maximum atomic E-state index is 12.0. The summed E-state index contributed by atoms with van der Waals surface area (Å²) in [4.78, 5) is 23.7. The van der Waals surface area contributed by atoms with Crippen molar-refractivity contribution in [3.8, 4) is 0 Å². The van der Waals surface area contributed by atoms with Crippen LogP contribution in [0.15, 0.2) is 73.3 Å². The van der Waals surface area contributed by atoms with Gasteiger partial charge in [-0.15, -0.1) is 6.58 Å². The largest absolute Gasteiger partial charge is 0.453 e. The summed E-state index contributed by atoms with van der Waals surface area (Å²) in [6.45, 7) is 7.15. The van der Waals surface area contributed by atoms with Gasteiger partial charge < -0.3 is 23.7 Å². The van der Waals surface area contributed by atoms with Crippen molar-refractivity contribution in [3.63, 3.8) is 0 Å². The quantitative estimate of drug-likeness (QED) is 0.376. The third-order valence-electron chi connectivity index (χ3n) is 5.34. The zero-order valence-electron chi connectivity index (χ0n) is 19.0. The lowest BCUT2D eigenvalue weighted by Crippen LogP contribution is -2.53. The topological polar surface area (TPSA) is 80.3 Å². The Kier molecular flexibility index (Phi) is 8.77. The lowest BCUT2D eigenvalue weighted by Gasteiger charge is -2.37. The van der Waals surface area contributed by atoms with Crippen molar-refractivity contribution in [3.05, 3.63) is 84.4 Å². The zero-order valence-corrected chi connectivity index (χ0v) is 19.0. The van der Waals surface area contributed by atoms with Crippen molar-refractivity contribution >= 4 is 11.9 Å². The van der Waals surface area contributed by atoms with Gasteiger partial charge in [0.05, 0.1) is 19.8 Å². The number of carbonyl (C=O) groups excluding carboxylic acids is 2. The maximum absolute atomic E-state index is 12.0. The number of ether oxygens (including phenoxy) is 5. The standard InChI is InChI=1S/C26H30O7/c1-4-15-26(30-17-22-13-9-6-10-14-22)23(18-29-16-21-11-7-5-8-12-21)33-25(32-20(3)28)24(26)31-19(2)27/h4-14,23-25H,1,15-18H2,2-3H3/t23-,24+,25?,26-/m1/s1. The molecule has 1 unspecified atom stereocenters. The Hall–Kier alpha value is -3.00. The summed E-state index contributed by atoms with van der Waals surface area (Å²) in [6.07, 6.45) is -0.852. The van der Waals surface area contributed by atoms with Crippen LogP contribution in [0.5, 0.6) is 0 Å². The molecule has 0 aromatic heterocycles. The second kappa shape index (κ2) is 11.7. The third kappa shape index (κ3) is 6.51. The van der Waals surface area contributed by atoms with Gasteiger partial charge in [-0.2, -0.15) is 0 Å². The summed E-state index contributed by atoms with van der Waals surface area (Å²) in [5, 5.41) is 0. The molecular formula is C26H30O7. The first-order valence-corrected chi connectivity index (χ1v) is 10.8. The first-order chi connectivity index (χ1) is 15.9. The number of carbonyl (C=O) groups is 2. The molecular weight excluding hydrogens is 424 g/mol. The second-order valence-electron chi connectivity index (χ2n) is 7.86. The van der Waals surface area contributed by atoms with Crippen LogP contribution in [0.25, 0.3) is 0 Å². The molecule has 1 aliphatic rings. The molecule has 2 aromatic rings. The van der Waals surface area contributed by atoms with Gasteiger partial charge in [-0.3, -0.25) is 9.59 Å². The summed E-state index contributed by atoms with van der Waals surface area (Å²) in [5.74, 6) is -1.10. The smallest absolute Gasteiger partial charge is 0.305 e. The predicted octanol–water partition coefficient (Wildman–Crippen LogP) is 3.95. The molecule has 33 heavy (non-hydrogen) atoms. The van der Waals surface area contributed by atoms with Gasteiger partial charge in [0.25, 0.3) is 0 Å². The SMILES string of the molecule is C=CC[C@@]1(OCc2ccccc2)[C@@H](COCc2ccccc2)OC(OC(C)=O)[C@@H]1OC(C)=O. The van der Waals surface area contributed by atoms with Gasteiger partial charge >= 0.3 is 11.9 Å². The van der Waals surface area contributed by atoms with Crippen LogP contribution in [-0.4, -0.2) is 42.6 Å². The summed E-state index contributed by atoms with van der Waals surface area (Å²) in [5.41, 5.74) is 0.769. The third-order valence-corrected chi connectivity index (χ3v) is 5.34. The molecule has 1 fully saturated rings. The highest BCUT2D eigenvalue weighted by atomic mass is 16.8. The average Bonchev–Trinajstić information content (AvgIpc) is 3.05. The monoisotopic (exact) mass is 454 g/mol. The van der Waals surface area contributed by atoms with Gasteiger partial charge in [0.15, 0.2) is 6.10 Å². The van der Waals surface area contributed by atoms with Crippen molar-refractivity contribution in [2.24, 2.45) is 0 Å². The minimum absolute atomic E-state index is 0.132. The average molecular weight is 455 g/mol. The highest BCUT2D eigenvalue weighted by Gasteiger charge is 2.60. The zero-order chi connectivity index (χ0) is 23.7. The van der Waals surface area contributed by atoms with E-state index < -0.39 is 36.0 Å². The predicted molar refractivity (Wildman–Crippen MR) is 121 cm³/mol. The molecule has 0 spiro atoms. The van der Waals surface area contributed by atoms with Crippen molar-refractivity contribution in [1.29, 1.82) is 0 Å². The summed E-state index contributed by atoms with van der Waals surface area (Å²) in [6, 6.07) is 19.3. The minimum atomic E-state index is -1.17. The molecule has 0 saturated carbocycles. The van der Waals surface area contributed by atoms with Gasteiger partial charge in [0, 0.05) is 20.3 Å². The Morgan fingerprint density at radius 1 is 0.939 bits per heavy atom. The van der Waals surface area contributed by atoms with E-state index in [2.05, 4.69) is 6.58 Å². The molecule has 0 radical (unpaired) electrons. The molecule has 4 atom stereocenters. The fraction of sp³-hybridized carbons (Fsp3) is 0.385. The Labute approximate surface area is 194 Å². The van der Waals surface area contributed by atoms with Crippen LogP contribution in [0.1, 0.15) is 31.4 Å². The van der Waals surface area contributed by atoms with E-state index in [1.807, 2.05) is 60.7 Å². The van der Waals surface area contributed by atoms with E-state index in [1.54, 1.807) is 6.08 Å². The molecule has 1 heterocycles. The van der Waals surface area contributed by atoms with Gasteiger partial charge in [-0.25, -0.2) is 0 Å². The number of benzene rings is 2. The van der Waals surface area contributed by atoms with E-state index in [-0.39, 0.29) is 19.6 Å². The molecule has 0 aliphatic carbocycles. The molecule has 0 bridgehead atoms. The van der Waals surface area contributed by atoms with E-state index in [0.717, 1.165) is 11.1 Å². The molecule has 7 nitrogen and oxygen atoms in total. The van der Waals surface area contributed by atoms with Crippen molar-refractivity contribution < 1.29 is 33.3 Å².